The Morgan fingerprint density at radius 2 is 2.05 bits per heavy atom. The molecule has 0 aliphatic heterocycles. The molecule has 0 saturated heterocycles. The molecule has 1 heterocycles. The molecular formula is C13H14BrNO3S. The number of hydrogen-bond acceptors (Lipinski definition) is 3. The van der Waals surface area contributed by atoms with E-state index in [0.29, 0.717) is 4.47 Å². The number of nitrogens with zero attached hydrogens (tertiary/aromatic N) is 1. The third-order valence-electron chi connectivity index (χ3n) is 2.76. The zero-order chi connectivity index (χ0) is 14.0. The lowest BCUT2D eigenvalue weighted by Gasteiger charge is -2.17. The minimum Gasteiger partial charge on any atom is -0.472 e. The molecule has 0 unspecified atom stereocenters. The second kappa shape index (κ2) is 5.48. The first-order chi connectivity index (χ1) is 8.91. The Morgan fingerprint density at radius 3 is 2.63 bits per heavy atom. The van der Waals surface area contributed by atoms with Crippen LogP contribution >= 0.6 is 15.9 Å². The standard InChI is InChI=1S/C13H14BrNO3S/c1-10-3-4-13(12(14)7-10)19(16,17)15(2)8-11-5-6-18-9-11/h3-7,9H,8H2,1-2H3. The van der Waals surface area contributed by atoms with Gasteiger partial charge in [0.25, 0.3) is 0 Å². The lowest BCUT2D eigenvalue weighted by Crippen LogP contribution is -2.26. The molecule has 102 valence electrons. The topological polar surface area (TPSA) is 50.5 Å². The summed E-state index contributed by atoms with van der Waals surface area (Å²) in [4.78, 5) is 0.268. The average molecular weight is 344 g/mol. The quantitative estimate of drug-likeness (QED) is 0.856. The summed E-state index contributed by atoms with van der Waals surface area (Å²) < 4.78 is 31.7. The first-order valence-electron chi connectivity index (χ1n) is 5.65. The summed E-state index contributed by atoms with van der Waals surface area (Å²) in [5, 5.41) is 0. The molecule has 6 heteroatoms. The molecule has 0 spiro atoms. The van der Waals surface area contributed by atoms with Crippen LogP contribution in [0.25, 0.3) is 0 Å². The highest BCUT2D eigenvalue weighted by Crippen LogP contribution is 2.26. The number of halogens is 1. The fraction of sp³-hybridized carbons (Fsp3) is 0.231. The number of furan rings is 1. The molecule has 1 aromatic carbocycles. The molecule has 0 bridgehead atoms. The number of hydrogen-bond donors (Lipinski definition) is 0. The van der Waals surface area contributed by atoms with Crippen LogP contribution in [-0.4, -0.2) is 19.8 Å². The average Bonchev–Trinajstić information content (AvgIpc) is 2.81. The molecular weight excluding hydrogens is 330 g/mol. The second-order valence-electron chi connectivity index (χ2n) is 4.33. The molecule has 19 heavy (non-hydrogen) atoms. The van der Waals surface area contributed by atoms with Gasteiger partial charge in [-0.25, -0.2) is 8.42 Å². The Morgan fingerprint density at radius 1 is 1.32 bits per heavy atom. The van der Waals surface area contributed by atoms with Crippen LogP contribution < -0.4 is 0 Å². The van der Waals surface area contributed by atoms with Crippen molar-refractivity contribution in [3.8, 4) is 0 Å². The molecule has 0 saturated carbocycles. The Balaban J connectivity index is 2.31. The summed E-state index contributed by atoms with van der Waals surface area (Å²) in [7, 11) is -1.97. The zero-order valence-electron chi connectivity index (χ0n) is 10.6. The molecule has 0 radical (unpaired) electrons. The minimum atomic E-state index is -3.52. The second-order valence-corrected chi connectivity index (χ2v) is 7.19. The molecule has 0 fully saturated rings. The summed E-state index contributed by atoms with van der Waals surface area (Å²) in [5.41, 5.74) is 1.82. The summed E-state index contributed by atoms with van der Waals surface area (Å²) in [6.45, 7) is 2.19. The Hall–Kier alpha value is -1.11. The van der Waals surface area contributed by atoms with Crippen LogP contribution in [0.1, 0.15) is 11.1 Å². The van der Waals surface area contributed by atoms with Gasteiger partial charge in [-0.05, 0) is 46.6 Å². The van der Waals surface area contributed by atoms with Crippen molar-refractivity contribution in [1.29, 1.82) is 0 Å². The fourth-order valence-corrected chi connectivity index (χ4v) is 4.01. The maximum atomic E-state index is 12.5. The van der Waals surface area contributed by atoms with Crippen molar-refractivity contribution < 1.29 is 12.8 Å². The molecule has 0 N–H and O–H groups in total. The molecule has 0 aliphatic rings. The van der Waals surface area contributed by atoms with Gasteiger partial charge in [0.1, 0.15) is 0 Å². The van der Waals surface area contributed by atoms with E-state index in [1.807, 2.05) is 6.92 Å². The Kier molecular flexibility index (Phi) is 4.13. The van der Waals surface area contributed by atoms with E-state index in [-0.39, 0.29) is 11.4 Å². The van der Waals surface area contributed by atoms with E-state index in [9.17, 15) is 8.42 Å². The highest BCUT2D eigenvalue weighted by atomic mass is 79.9. The molecule has 0 aliphatic carbocycles. The fourth-order valence-electron chi connectivity index (χ4n) is 1.71. The van der Waals surface area contributed by atoms with Gasteiger partial charge in [0.15, 0.2) is 0 Å². The van der Waals surface area contributed by atoms with E-state index in [4.69, 9.17) is 4.42 Å². The summed E-state index contributed by atoms with van der Waals surface area (Å²) in [5.74, 6) is 0. The minimum absolute atomic E-state index is 0.268. The maximum absolute atomic E-state index is 12.5. The largest absolute Gasteiger partial charge is 0.472 e. The van der Waals surface area contributed by atoms with E-state index in [0.717, 1.165) is 11.1 Å². The molecule has 2 rings (SSSR count). The molecule has 1 aromatic heterocycles. The van der Waals surface area contributed by atoms with Crippen LogP contribution in [0, 0.1) is 6.92 Å². The smallest absolute Gasteiger partial charge is 0.244 e. The first-order valence-corrected chi connectivity index (χ1v) is 7.88. The molecule has 0 atom stereocenters. The van der Waals surface area contributed by atoms with Crippen molar-refractivity contribution >= 4 is 26.0 Å². The van der Waals surface area contributed by atoms with Crippen molar-refractivity contribution in [3.63, 3.8) is 0 Å². The van der Waals surface area contributed by atoms with E-state index in [2.05, 4.69) is 15.9 Å². The Labute approximate surface area is 121 Å². The lowest BCUT2D eigenvalue weighted by atomic mass is 10.2. The van der Waals surface area contributed by atoms with Gasteiger partial charge in [0.05, 0.1) is 17.4 Å². The molecule has 0 amide bonds. The van der Waals surface area contributed by atoms with Crippen LogP contribution in [0.4, 0.5) is 0 Å². The highest BCUT2D eigenvalue weighted by molar-refractivity contribution is 9.10. The Bertz CT molecular complexity index is 665. The van der Waals surface area contributed by atoms with Crippen LogP contribution in [0.3, 0.4) is 0 Å². The van der Waals surface area contributed by atoms with Gasteiger partial charge >= 0.3 is 0 Å². The van der Waals surface area contributed by atoms with E-state index in [1.54, 1.807) is 31.3 Å². The number of rotatable bonds is 4. The van der Waals surface area contributed by atoms with Gasteiger partial charge in [0.2, 0.25) is 10.0 Å². The summed E-state index contributed by atoms with van der Waals surface area (Å²) in [6, 6.07) is 6.93. The third kappa shape index (κ3) is 3.08. The normalized spacial score (nSPS) is 12.0. The van der Waals surface area contributed by atoms with Gasteiger partial charge < -0.3 is 4.42 Å². The molecule has 4 nitrogen and oxygen atoms in total. The van der Waals surface area contributed by atoms with Crippen LogP contribution in [0.2, 0.25) is 0 Å². The highest BCUT2D eigenvalue weighted by Gasteiger charge is 2.23. The lowest BCUT2D eigenvalue weighted by molar-refractivity contribution is 0.463. The van der Waals surface area contributed by atoms with Gasteiger partial charge in [-0.15, -0.1) is 0 Å². The van der Waals surface area contributed by atoms with Gasteiger partial charge in [-0.3, -0.25) is 0 Å². The summed E-state index contributed by atoms with van der Waals surface area (Å²) >= 11 is 3.30. The van der Waals surface area contributed by atoms with Crippen molar-refractivity contribution in [1.82, 2.24) is 4.31 Å². The van der Waals surface area contributed by atoms with Gasteiger partial charge in [-0.1, -0.05) is 6.07 Å². The van der Waals surface area contributed by atoms with E-state index in [1.165, 1.54) is 16.8 Å². The molecule has 2 aromatic rings. The number of aryl methyl sites for hydroxylation is 1. The first kappa shape index (κ1) is 14.3. The predicted molar refractivity (Wildman–Crippen MR) is 76.2 cm³/mol. The van der Waals surface area contributed by atoms with Crippen LogP contribution in [-0.2, 0) is 16.6 Å². The maximum Gasteiger partial charge on any atom is 0.244 e. The third-order valence-corrected chi connectivity index (χ3v) is 5.54. The van der Waals surface area contributed by atoms with Crippen molar-refractivity contribution in [3.05, 3.63) is 52.4 Å². The number of benzene rings is 1. The van der Waals surface area contributed by atoms with Crippen molar-refractivity contribution in [2.75, 3.05) is 7.05 Å². The predicted octanol–water partition coefficient (Wildman–Crippen LogP) is 3.17. The monoisotopic (exact) mass is 343 g/mol. The van der Waals surface area contributed by atoms with Crippen molar-refractivity contribution in [2.45, 2.75) is 18.4 Å². The van der Waals surface area contributed by atoms with E-state index >= 15 is 0 Å². The number of sulfonamides is 1. The zero-order valence-corrected chi connectivity index (χ0v) is 13.0. The van der Waals surface area contributed by atoms with Gasteiger partial charge in [0, 0.05) is 23.6 Å². The van der Waals surface area contributed by atoms with Crippen LogP contribution in [0.5, 0.6) is 0 Å². The SMILES string of the molecule is Cc1ccc(S(=O)(=O)N(C)Cc2ccoc2)c(Br)c1. The van der Waals surface area contributed by atoms with Crippen LogP contribution in [0.15, 0.2) is 50.6 Å². The van der Waals surface area contributed by atoms with Crippen molar-refractivity contribution in [2.24, 2.45) is 0 Å². The van der Waals surface area contributed by atoms with Gasteiger partial charge in [-0.2, -0.15) is 4.31 Å². The summed E-state index contributed by atoms with van der Waals surface area (Å²) in [6.07, 6.45) is 3.06. The van der Waals surface area contributed by atoms with E-state index < -0.39 is 10.0 Å².